The Hall–Kier alpha value is -1.64. The van der Waals surface area contributed by atoms with Gasteiger partial charge in [0.1, 0.15) is 11.6 Å². The van der Waals surface area contributed by atoms with E-state index in [0.717, 1.165) is 23.8 Å². The summed E-state index contributed by atoms with van der Waals surface area (Å²) < 4.78 is 2.02. The lowest BCUT2D eigenvalue weighted by molar-refractivity contribution is 0.862. The smallest absolute Gasteiger partial charge is 0.138 e. The number of aromatic nitrogens is 3. The second kappa shape index (κ2) is 3.62. The van der Waals surface area contributed by atoms with Gasteiger partial charge in [-0.2, -0.15) is 0 Å². The van der Waals surface area contributed by atoms with Crippen molar-refractivity contribution in [2.45, 2.75) is 20.3 Å². The molecule has 0 aliphatic carbocycles. The minimum atomic E-state index is 0.919. The maximum atomic E-state index is 4.45. The van der Waals surface area contributed by atoms with Crippen molar-refractivity contribution in [3.63, 3.8) is 0 Å². The van der Waals surface area contributed by atoms with E-state index in [9.17, 15) is 0 Å². The Morgan fingerprint density at radius 1 is 1.36 bits per heavy atom. The van der Waals surface area contributed by atoms with Crippen molar-refractivity contribution < 1.29 is 0 Å². The first-order valence-electron chi connectivity index (χ1n) is 4.77. The lowest BCUT2D eigenvalue weighted by atomic mass is 10.3. The molecule has 14 heavy (non-hydrogen) atoms. The Labute approximate surface area is 83.4 Å². The maximum absolute atomic E-state index is 4.45. The van der Waals surface area contributed by atoms with Gasteiger partial charge in [-0.15, -0.1) is 0 Å². The topological polar surface area (TPSA) is 30.7 Å². The van der Waals surface area contributed by atoms with Gasteiger partial charge in [-0.3, -0.25) is 4.57 Å². The third-order valence-corrected chi connectivity index (χ3v) is 2.15. The first-order chi connectivity index (χ1) is 6.81. The average Bonchev–Trinajstić information content (AvgIpc) is 2.65. The lowest BCUT2D eigenvalue weighted by Gasteiger charge is -2.05. The van der Waals surface area contributed by atoms with Gasteiger partial charge >= 0.3 is 0 Å². The fourth-order valence-electron chi connectivity index (χ4n) is 1.47. The zero-order valence-electron chi connectivity index (χ0n) is 8.44. The molecule has 0 aliphatic heterocycles. The molecule has 0 amide bonds. The van der Waals surface area contributed by atoms with Crippen molar-refractivity contribution in [1.82, 2.24) is 14.5 Å². The number of aryl methyl sites for hydroxylation is 2. The number of imidazole rings is 1. The Morgan fingerprint density at radius 3 is 2.93 bits per heavy atom. The zero-order valence-corrected chi connectivity index (χ0v) is 8.44. The van der Waals surface area contributed by atoms with Crippen molar-refractivity contribution in [1.29, 1.82) is 0 Å². The highest BCUT2D eigenvalue weighted by atomic mass is 15.1. The number of hydrogen-bond acceptors (Lipinski definition) is 2. The molecule has 2 heterocycles. The van der Waals surface area contributed by atoms with Crippen LogP contribution in [0.4, 0.5) is 0 Å². The van der Waals surface area contributed by atoms with Crippen molar-refractivity contribution >= 4 is 0 Å². The van der Waals surface area contributed by atoms with E-state index in [4.69, 9.17) is 0 Å². The van der Waals surface area contributed by atoms with Gasteiger partial charge in [-0.1, -0.05) is 13.0 Å². The van der Waals surface area contributed by atoms with Crippen LogP contribution in [-0.2, 0) is 6.42 Å². The Kier molecular flexibility index (Phi) is 2.31. The van der Waals surface area contributed by atoms with Crippen LogP contribution >= 0.6 is 0 Å². The third kappa shape index (κ3) is 1.53. The molecule has 0 fully saturated rings. The summed E-state index contributed by atoms with van der Waals surface area (Å²) in [6, 6.07) is 6.00. The average molecular weight is 187 g/mol. The van der Waals surface area contributed by atoms with Crippen LogP contribution in [0, 0.1) is 6.92 Å². The van der Waals surface area contributed by atoms with E-state index >= 15 is 0 Å². The van der Waals surface area contributed by atoms with Crippen LogP contribution in [-0.4, -0.2) is 14.5 Å². The van der Waals surface area contributed by atoms with Gasteiger partial charge in [-0.05, 0) is 19.1 Å². The van der Waals surface area contributed by atoms with Crippen LogP contribution in [0.1, 0.15) is 18.4 Å². The van der Waals surface area contributed by atoms with Crippen molar-refractivity contribution in [2.24, 2.45) is 0 Å². The molecule has 0 unspecified atom stereocenters. The van der Waals surface area contributed by atoms with E-state index in [1.54, 1.807) is 0 Å². The number of hydrogen-bond donors (Lipinski definition) is 0. The highest BCUT2D eigenvalue weighted by Crippen LogP contribution is 2.08. The SMILES string of the molecule is CCc1nccn1-c1cccc(C)n1. The van der Waals surface area contributed by atoms with Crippen molar-refractivity contribution in [2.75, 3.05) is 0 Å². The summed E-state index contributed by atoms with van der Waals surface area (Å²) >= 11 is 0. The molecule has 2 aromatic rings. The Bertz CT molecular complexity index is 432. The summed E-state index contributed by atoms with van der Waals surface area (Å²) in [4.78, 5) is 8.71. The van der Waals surface area contributed by atoms with E-state index in [0.29, 0.717) is 0 Å². The molecule has 0 saturated heterocycles. The molecule has 0 radical (unpaired) electrons. The number of pyridine rings is 1. The highest BCUT2D eigenvalue weighted by Gasteiger charge is 2.03. The molecule has 0 spiro atoms. The highest BCUT2D eigenvalue weighted by molar-refractivity contribution is 5.26. The van der Waals surface area contributed by atoms with E-state index in [2.05, 4.69) is 16.9 Å². The molecule has 0 N–H and O–H groups in total. The molecule has 2 rings (SSSR count). The van der Waals surface area contributed by atoms with E-state index in [1.165, 1.54) is 0 Å². The van der Waals surface area contributed by atoms with E-state index in [-0.39, 0.29) is 0 Å². The summed E-state index contributed by atoms with van der Waals surface area (Å²) in [7, 11) is 0. The monoisotopic (exact) mass is 187 g/mol. The van der Waals surface area contributed by atoms with Gasteiger partial charge in [0.05, 0.1) is 0 Å². The molecular formula is C11H13N3. The Morgan fingerprint density at radius 2 is 2.21 bits per heavy atom. The van der Waals surface area contributed by atoms with Gasteiger partial charge in [-0.25, -0.2) is 9.97 Å². The molecule has 2 aromatic heterocycles. The lowest BCUT2D eigenvalue weighted by Crippen LogP contribution is -2.01. The van der Waals surface area contributed by atoms with Crippen LogP contribution in [0.3, 0.4) is 0 Å². The summed E-state index contributed by atoms with van der Waals surface area (Å²) in [5, 5.41) is 0. The summed E-state index contributed by atoms with van der Waals surface area (Å²) in [6.07, 6.45) is 4.67. The maximum Gasteiger partial charge on any atom is 0.138 e. The van der Waals surface area contributed by atoms with Crippen LogP contribution in [0.2, 0.25) is 0 Å². The van der Waals surface area contributed by atoms with Crippen LogP contribution < -0.4 is 0 Å². The quantitative estimate of drug-likeness (QED) is 0.721. The molecule has 0 aliphatic rings. The third-order valence-electron chi connectivity index (χ3n) is 2.15. The summed E-state index contributed by atoms with van der Waals surface area (Å²) in [5.41, 5.74) is 1.03. The number of rotatable bonds is 2. The minimum Gasteiger partial charge on any atom is -0.288 e. The predicted octanol–water partition coefficient (Wildman–Crippen LogP) is 2.14. The summed E-state index contributed by atoms with van der Waals surface area (Å²) in [6.45, 7) is 4.08. The van der Waals surface area contributed by atoms with Gasteiger partial charge in [0.2, 0.25) is 0 Å². The molecule has 0 bridgehead atoms. The van der Waals surface area contributed by atoms with E-state index < -0.39 is 0 Å². The molecule has 0 aromatic carbocycles. The second-order valence-corrected chi connectivity index (χ2v) is 3.20. The Balaban J connectivity index is 2.49. The molecule has 0 atom stereocenters. The first-order valence-corrected chi connectivity index (χ1v) is 4.77. The number of nitrogens with zero attached hydrogens (tertiary/aromatic N) is 3. The van der Waals surface area contributed by atoms with Crippen molar-refractivity contribution in [3.8, 4) is 5.82 Å². The standard InChI is InChI=1S/C11H13N3/c1-3-10-12-7-8-14(10)11-6-4-5-9(2)13-11/h4-8H,3H2,1-2H3. The van der Waals surface area contributed by atoms with Crippen molar-refractivity contribution in [3.05, 3.63) is 42.1 Å². The first kappa shape index (κ1) is 8.94. The molecule has 72 valence electrons. The van der Waals surface area contributed by atoms with Gasteiger partial charge in [0, 0.05) is 24.5 Å². The zero-order chi connectivity index (χ0) is 9.97. The molecule has 3 heteroatoms. The van der Waals surface area contributed by atoms with E-state index in [1.807, 2.05) is 42.1 Å². The molecule has 0 saturated carbocycles. The van der Waals surface area contributed by atoms with Gasteiger partial charge in [0.25, 0.3) is 0 Å². The molecular weight excluding hydrogens is 174 g/mol. The van der Waals surface area contributed by atoms with Crippen LogP contribution in [0.15, 0.2) is 30.6 Å². The summed E-state index contributed by atoms with van der Waals surface area (Å²) in [5.74, 6) is 1.99. The fourth-order valence-corrected chi connectivity index (χ4v) is 1.47. The van der Waals surface area contributed by atoms with Gasteiger partial charge < -0.3 is 0 Å². The normalized spacial score (nSPS) is 10.4. The van der Waals surface area contributed by atoms with Gasteiger partial charge in [0.15, 0.2) is 0 Å². The minimum absolute atomic E-state index is 0.919. The molecule has 3 nitrogen and oxygen atoms in total. The van der Waals surface area contributed by atoms with Crippen LogP contribution in [0.25, 0.3) is 5.82 Å². The second-order valence-electron chi connectivity index (χ2n) is 3.20. The fraction of sp³-hybridized carbons (Fsp3) is 0.273. The largest absolute Gasteiger partial charge is 0.288 e. The predicted molar refractivity (Wildman–Crippen MR) is 55.5 cm³/mol. The van der Waals surface area contributed by atoms with Crippen LogP contribution in [0.5, 0.6) is 0 Å².